The molecule has 1 aliphatic rings. The zero-order valence-corrected chi connectivity index (χ0v) is 15.7. The van der Waals surface area contributed by atoms with Crippen LogP contribution >= 0.6 is 22.6 Å². The molecule has 0 bridgehead atoms. The lowest BCUT2D eigenvalue weighted by atomic mass is 10.2. The molecule has 8 heteroatoms. The molecule has 1 aromatic carbocycles. The largest absolute Gasteiger partial charge is 0.506 e. The first-order chi connectivity index (χ1) is 12.2. The Bertz CT molecular complexity index is 892. The van der Waals surface area contributed by atoms with Gasteiger partial charge in [-0.2, -0.15) is 0 Å². The number of benzene rings is 1. The van der Waals surface area contributed by atoms with E-state index in [9.17, 15) is 5.11 Å². The minimum absolute atomic E-state index is 0.0127. The summed E-state index contributed by atoms with van der Waals surface area (Å²) in [4.78, 5) is 13.2. The molecule has 0 radical (unpaired) electrons. The highest BCUT2D eigenvalue weighted by Crippen LogP contribution is 2.28. The molecule has 1 saturated heterocycles. The van der Waals surface area contributed by atoms with Crippen LogP contribution in [-0.4, -0.2) is 31.2 Å². The van der Waals surface area contributed by atoms with Crippen molar-refractivity contribution in [3.05, 3.63) is 40.0 Å². The molecule has 1 fully saturated rings. The maximum absolute atomic E-state index is 10.1. The maximum atomic E-state index is 10.1. The van der Waals surface area contributed by atoms with Crippen molar-refractivity contribution in [1.29, 1.82) is 0 Å². The topological polar surface area (TPSA) is 85.1 Å². The molecule has 1 aliphatic heterocycles. The maximum Gasteiger partial charge on any atom is 0.167 e. The Morgan fingerprint density at radius 3 is 3.04 bits per heavy atom. The lowest BCUT2D eigenvalue weighted by molar-refractivity contribution is -0.0298. The number of rotatable bonds is 4. The minimum Gasteiger partial charge on any atom is -0.506 e. The second-order valence-corrected chi connectivity index (χ2v) is 7.13. The molecule has 1 unspecified atom stereocenters. The van der Waals surface area contributed by atoms with Gasteiger partial charge in [0.25, 0.3) is 0 Å². The normalized spacial score (nSPS) is 17.7. The number of phenolic OH excluding ortho intramolecular Hbond substituents is 1. The summed E-state index contributed by atoms with van der Waals surface area (Å²) in [6.45, 7) is 1.23. The van der Waals surface area contributed by atoms with Crippen molar-refractivity contribution in [1.82, 2.24) is 19.5 Å². The van der Waals surface area contributed by atoms with Gasteiger partial charge in [0.05, 0.1) is 9.90 Å². The summed E-state index contributed by atoms with van der Waals surface area (Å²) in [5, 5.41) is 13.4. The van der Waals surface area contributed by atoms with Crippen LogP contribution in [-0.2, 0) is 11.3 Å². The summed E-state index contributed by atoms with van der Waals surface area (Å²) in [5.41, 5.74) is 2.28. The van der Waals surface area contributed by atoms with Gasteiger partial charge in [-0.3, -0.25) is 4.57 Å². The Morgan fingerprint density at radius 2 is 2.20 bits per heavy atom. The monoisotopic (exact) mass is 451 g/mol. The van der Waals surface area contributed by atoms with Crippen LogP contribution in [0.1, 0.15) is 31.1 Å². The molecule has 130 valence electrons. The van der Waals surface area contributed by atoms with Crippen molar-refractivity contribution in [3.8, 4) is 5.75 Å². The highest BCUT2D eigenvalue weighted by atomic mass is 127. The third-order valence-corrected chi connectivity index (χ3v) is 5.21. The quantitative estimate of drug-likeness (QED) is 0.592. The van der Waals surface area contributed by atoms with E-state index < -0.39 is 0 Å². The van der Waals surface area contributed by atoms with Crippen molar-refractivity contribution < 1.29 is 9.84 Å². The van der Waals surface area contributed by atoms with Gasteiger partial charge >= 0.3 is 0 Å². The van der Waals surface area contributed by atoms with Crippen molar-refractivity contribution in [2.24, 2.45) is 0 Å². The van der Waals surface area contributed by atoms with Gasteiger partial charge in [-0.25, -0.2) is 15.0 Å². The lowest BCUT2D eigenvalue weighted by Crippen LogP contribution is -2.17. The van der Waals surface area contributed by atoms with Crippen LogP contribution in [0.3, 0.4) is 0 Å². The number of aromatic hydroxyl groups is 1. The summed E-state index contributed by atoms with van der Waals surface area (Å²) in [6, 6.07) is 5.68. The fourth-order valence-corrected chi connectivity index (χ4v) is 3.57. The number of fused-ring (bicyclic) bond motifs is 1. The fourth-order valence-electron chi connectivity index (χ4n) is 3.02. The zero-order chi connectivity index (χ0) is 17.2. The lowest BCUT2D eigenvalue weighted by Gasteiger charge is -2.23. The first-order valence-corrected chi connectivity index (χ1v) is 9.31. The predicted octanol–water partition coefficient (Wildman–Crippen LogP) is 3.45. The van der Waals surface area contributed by atoms with Gasteiger partial charge in [-0.05, 0) is 47.9 Å². The predicted molar refractivity (Wildman–Crippen MR) is 102 cm³/mol. The van der Waals surface area contributed by atoms with Gasteiger partial charge in [0.2, 0.25) is 0 Å². The molecule has 1 atom stereocenters. The average molecular weight is 451 g/mol. The summed E-state index contributed by atoms with van der Waals surface area (Å²) >= 11 is 2.11. The molecule has 7 nitrogen and oxygen atoms in total. The summed E-state index contributed by atoms with van der Waals surface area (Å²) in [7, 11) is 0. The van der Waals surface area contributed by atoms with Crippen molar-refractivity contribution in [2.75, 3.05) is 11.9 Å². The number of hydrogen-bond acceptors (Lipinski definition) is 6. The van der Waals surface area contributed by atoms with Crippen LogP contribution in [0.4, 0.5) is 5.82 Å². The highest BCUT2D eigenvalue weighted by Gasteiger charge is 2.20. The molecule has 3 aromatic rings. The van der Waals surface area contributed by atoms with E-state index >= 15 is 0 Å². The van der Waals surface area contributed by atoms with Crippen LogP contribution in [0, 0.1) is 3.57 Å². The summed E-state index contributed by atoms with van der Waals surface area (Å²) in [5.74, 6) is 0.944. The van der Waals surface area contributed by atoms with Crippen LogP contribution in [0.5, 0.6) is 5.75 Å². The molecular weight excluding hydrogens is 433 g/mol. The molecule has 0 spiro atoms. The SMILES string of the molecule is Oc1c(I)cccc1CNc1ncnc2c1ncn2C1CCCCO1. The Hall–Kier alpha value is -1.94. The van der Waals surface area contributed by atoms with Crippen molar-refractivity contribution in [3.63, 3.8) is 0 Å². The fraction of sp³-hybridized carbons (Fsp3) is 0.353. The number of halogens is 1. The van der Waals surface area contributed by atoms with Crippen LogP contribution in [0.15, 0.2) is 30.9 Å². The number of anilines is 1. The molecule has 4 rings (SSSR count). The summed E-state index contributed by atoms with van der Waals surface area (Å²) in [6.07, 6.45) is 6.50. The minimum atomic E-state index is -0.0127. The molecule has 3 heterocycles. The molecular formula is C17H18IN5O2. The van der Waals surface area contributed by atoms with Crippen LogP contribution in [0.2, 0.25) is 0 Å². The number of aromatic nitrogens is 4. The molecule has 2 aromatic heterocycles. The van der Waals surface area contributed by atoms with E-state index in [0.717, 1.165) is 40.7 Å². The van der Waals surface area contributed by atoms with E-state index in [4.69, 9.17) is 4.74 Å². The van der Waals surface area contributed by atoms with E-state index in [2.05, 4.69) is 42.9 Å². The smallest absolute Gasteiger partial charge is 0.167 e. The van der Waals surface area contributed by atoms with Gasteiger partial charge in [0.1, 0.15) is 18.3 Å². The van der Waals surface area contributed by atoms with Gasteiger partial charge in [-0.15, -0.1) is 0 Å². The second kappa shape index (κ2) is 7.12. The molecule has 0 aliphatic carbocycles. The zero-order valence-electron chi connectivity index (χ0n) is 13.5. The molecule has 0 amide bonds. The Labute approximate surface area is 158 Å². The van der Waals surface area contributed by atoms with E-state index in [-0.39, 0.29) is 6.23 Å². The van der Waals surface area contributed by atoms with E-state index in [1.165, 1.54) is 6.33 Å². The van der Waals surface area contributed by atoms with Gasteiger partial charge < -0.3 is 15.2 Å². The Morgan fingerprint density at radius 1 is 1.28 bits per heavy atom. The Balaban J connectivity index is 1.60. The number of hydrogen-bond donors (Lipinski definition) is 2. The van der Waals surface area contributed by atoms with E-state index in [0.29, 0.717) is 23.6 Å². The number of ether oxygens (including phenoxy) is 1. The van der Waals surface area contributed by atoms with Gasteiger partial charge in [0.15, 0.2) is 17.0 Å². The first-order valence-electron chi connectivity index (χ1n) is 8.23. The van der Waals surface area contributed by atoms with Gasteiger partial charge in [-0.1, -0.05) is 12.1 Å². The third-order valence-electron chi connectivity index (χ3n) is 4.34. The number of nitrogens with one attached hydrogen (secondary N) is 1. The summed E-state index contributed by atoms with van der Waals surface area (Å²) < 4.78 is 8.64. The van der Waals surface area contributed by atoms with E-state index in [1.54, 1.807) is 6.33 Å². The standard InChI is InChI=1S/C17H18IN5O2/c18-12-5-3-4-11(15(12)24)8-19-16-14-17(21-9-20-16)23(10-22-14)13-6-1-2-7-25-13/h3-5,9-10,13,24H,1-2,6-8H2,(H,19,20,21). The number of nitrogens with zero attached hydrogens (tertiary/aromatic N) is 4. The molecule has 2 N–H and O–H groups in total. The van der Waals surface area contributed by atoms with Crippen molar-refractivity contribution >= 4 is 39.6 Å². The highest BCUT2D eigenvalue weighted by molar-refractivity contribution is 14.1. The second-order valence-electron chi connectivity index (χ2n) is 5.97. The number of phenols is 1. The van der Waals surface area contributed by atoms with E-state index in [1.807, 2.05) is 22.8 Å². The average Bonchev–Trinajstić information content (AvgIpc) is 3.08. The number of para-hydroxylation sites is 1. The van der Waals surface area contributed by atoms with Crippen LogP contribution in [0.25, 0.3) is 11.2 Å². The number of imidazole rings is 1. The molecule has 0 saturated carbocycles. The van der Waals surface area contributed by atoms with Gasteiger partial charge in [0, 0.05) is 18.7 Å². The Kier molecular flexibility index (Phi) is 4.71. The molecule has 25 heavy (non-hydrogen) atoms. The third kappa shape index (κ3) is 3.28. The van der Waals surface area contributed by atoms with Crippen molar-refractivity contribution in [2.45, 2.75) is 32.0 Å². The van der Waals surface area contributed by atoms with Crippen LogP contribution < -0.4 is 5.32 Å². The first kappa shape index (κ1) is 16.5.